The summed E-state index contributed by atoms with van der Waals surface area (Å²) in [5.74, 6) is -0.0309. The maximum Gasteiger partial charge on any atom is 0.230 e. The summed E-state index contributed by atoms with van der Waals surface area (Å²) in [6.07, 6.45) is 0.886. The van der Waals surface area contributed by atoms with Crippen LogP contribution in [0.2, 0.25) is 0 Å². The van der Waals surface area contributed by atoms with Gasteiger partial charge < -0.3 is 5.73 Å². The van der Waals surface area contributed by atoms with Gasteiger partial charge in [-0.05, 0) is 30.5 Å². The summed E-state index contributed by atoms with van der Waals surface area (Å²) < 4.78 is 0. The van der Waals surface area contributed by atoms with Crippen LogP contribution in [0.15, 0.2) is 24.3 Å². The zero-order valence-electron chi connectivity index (χ0n) is 10.7. The van der Waals surface area contributed by atoms with Gasteiger partial charge in [-0.2, -0.15) is 0 Å². The lowest BCUT2D eigenvalue weighted by Crippen LogP contribution is -2.44. The molecule has 1 aliphatic heterocycles. The van der Waals surface area contributed by atoms with Gasteiger partial charge in [-0.15, -0.1) is 0 Å². The molecule has 1 unspecified atom stereocenters. The lowest BCUT2D eigenvalue weighted by Gasteiger charge is -2.33. The molecule has 4 nitrogen and oxygen atoms in total. The normalized spacial score (nSPS) is 19.1. The molecular formula is C14H18N2O2. The van der Waals surface area contributed by atoms with E-state index in [0.29, 0.717) is 18.5 Å². The fraction of sp³-hybridized carbons (Fsp3) is 0.429. The maximum absolute atomic E-state index is 12.0. The highest BCUT2D eigenvalue weighted by atomic mass is 16.2. The van der Waals surface area contributed by atoms with Gasteiger partial charge in [0.15, 0.2) is 0 Å². The zero-order chi connectivity index (χ0) is 13.3. The number of anilines is 1. The standard InChI is InChI=1S/C14H18N2O2/c1-9-6-13(17)16(14(18)7-9)10(2)11-4-3-5-12(15)8-11/h3-5,8-10H,6-7,15H2,1-2H3. The van der Waals surface area contributed by atoms with Crippen LogP contribution in [-0.2, 0) is 9.59 Å². The lowest BCUT2D eigenvalue weighted by molar-refractivity contribution is -0.152. The SMILES string of the molecule is CC1CC(=O)N(C(C)c2cccc(N)c2)C(=O)C1. The molecule has 1 aliphatic rings. The number of carbonyl (C=O) groups excluding carboxylic acids is 2. The highest BCUT2D eigenvalue weighted by Crippen LogP contribution is 2.28. The van der Waals surface area contributed by atoms with Gasteiger partial charge in [-0.1, -0.05) is 19.1 Å². The van der Waals surface area contributed by atoms with Gasteiger partial charge >= 0.3 is 0 Å². The first-order valence-electron chi connectivity index (χ1n) is 6.19. The Bertz CT molecular complexity index is 466. The first-order valence-corrected chi connectivity index (χ1v) is 6.19. The van der Waals surface area contributed by atoms with Crippen molar-refractivity contribution >= 4 is 17.5 Å². The Hall–Kier alpha value is -1.84. The number of hydrogen-bond donors (Lipinski definition) is 1. The Morgan fingerprint density at radius 2 is 1.89 bits per heavy atom. The largest absolute Gasteiger partial charge is 0.399 e. The van der Waals surface area contributed by atoms with Gasteiger partial charge in [0.25, 0.3) is 0 Å². The van der Waals surface area contributed by atoms with Crippen LogP contribution >= 0.6 is 0 Å². The molecule has 2 N–H and O–H groups in total. The van der Waals surface area contributed by atoms with Crippen molar-refractivity contribution in [1.29, 1.82) is 0 Å². The molecule has 96 valence electrons. The van der Waals surface area contributed by atoms with Crippen molar-refractivity contribution in [3.8, 4) is 0 Å². The zero-order valence-corrected chi connectivity index (χ0v) is 10.7. The Kier molecular flexibility index (Phi) is 3.36. The second kappa shape index (κ2) is 4.80. The van der Waals surface area contributed by atoms with E-state index >= 15 is 0 Å². The third kappa shape index (κ3) is 2.37. The summed E-state index contributed by atoms with van der Waals surface area (Å²) in [5, 5.41) is 0. The quantitative estimate of drug-likeness (QED) is 0.642. The minimum Gasteiger partial charge on any atom is -0.399 e. The van der Waals surface area contributed by atoms with Crippen molar-refractivity contribution in [2.75, 3.05) is 5.73 Å². The molecule has 0 saturated carbocycles. The van der Waals surface area contributed by atoms with Crippen molar-refractivity contribution in [3.05, 3.63) is 29.8 Å². The lowest BCUT2D eigenvalue weighted by atomic mass is 9.95. The van der Waals surface area contributed by atoms with E-state index in [1.54, 1.807) is 6.07 Å². The molecule has 1 aromatic rings. The highest BCUT2D eigenvalue weighted by molar-refractivity contribution is 5.98. The van der Waals surface area contributed by atoms with E-state index in [-0.39, 0.29) is 23.8 Å². The van der Waals surface area contributed by atoms with E-state index in [2.05, 4.69) is 0 Å². The van der Waals surface area contributed by atoms with Crippen LogP contribution in [0.5, 0.6) is 0 Å². The van der Waals surface area contributed by atoms with Crippen molar-refractivity contribution in [2.24, 2.45) is 5.92 Å². The number of amides is 2. The number of benzene rings is 1. The molecule has 4 heteroatoms. The number of carbonyl (C=O) groups is 2. The molecule has 1 saturated heterocycles. The Balaban J connectivity index is 2.25. The summed E-state index contributed by atoms with van der Waals surface area (Å²) >= 11 is 0. The maximum atomic E-state index is 12.0. The third-order valence-corrected chi connectivity index (χ3v) is 3.36. The average Bonchev–Trinajstić information content (AvgIpc) is 2.27. The van der Waals surface area contributed by atoms with Crippen LogP contribution in [0.25, 0.3) is 0 Å². The summed E-state index contributed by atoms with van der Waals surface area (Å²) in [6, 6.07) is 7.07. The fourth-order valence-corrected chi connectivity index (χ4v) is 2.40. The fourth-order valence-electron chi connectivity index (χ4n) is 2.40. The Morgan fingerprint density at radius 3 is 2.44 bits per heavy atom. The minimum atomic E-state index is -0.249. The van der Waals surface area contributed by atoms with Crippen LogP contribution in [0.1, 0.15) is 38.3 Å². The Morgan fingerprint density at radius 1 is 1.28 bits per heavy atom. The monoisotopic (exact) mass is 246 g/mol. The van der Waals surface area contributed by atoms with Crippen LogP contribution in [0.3, 0.4) is 0 Å². The molecule has 1 fully saturated rings. The predicted molar refractivity (Wildman–Crippen MR) is 69.5 cm³/mol. The number of nitrogens with two attached hydrogens (primary N) is 1. The summed E-state index contributed by atoms with van der Waals surface area (Å²) in [6.45, 7) is 3.79. The number of rotatable bonds is 2. The molecule has 0 aromatic heterocycles. The average molecular weight is 246 g/mol. The number of nitrogens with zero attached hydrogens (tertiary/aromatic N) is 1. The molecule has 1 atom stereocenters. The molecule has 2 amide bonds. The highest BCUT2D eigenvalue weighted by Gasteiger charge is 2.34. The molecule has 18 heavy (non-hydrogen) atoms. The number of imide groups is 1. The molecule has 1 heterocycles. The van der Waals surface area contributed by atoms with E-state index in [4.69, 9.17) is 5.73 Å². The minimum absolute atomic E-state index is 0.0892. The van der Waals surface area contributed by atoms with Gasteiger partial charge in [0.05, 0.1) is 6.04 Å². The van der Waals surface area contributed by atoms with Crippen molar-refractivity contribution in [3.63, 3.8) is 0 Å². The number of nitrogen functional groups attached to an aromatic ring is 1. The molecule has 0 radical (unpaired) electrons. The molecular weight excluding hydrogens is 228 g/mol. The first kappa shape index (κ1) is 12.6. The van der Waals surface area contributed by atoms with E-state index in [0.717, 1.165) is 5.56 Å². The van der Waals surface area contributed by atoms with Crippen LogP contribution in [-0.4, -0.2) is 16.7 Å². The van der Waals surface area contributed by atoms with E-state index in [1.165, 1.54) is 4.90 Å². The van der Waals surface area contributed by atoms with Gasteiger partial charge in [-0.25, -0.2) is 0 Å². The summed E-state index contributed by atoms with van der Waals surface area (Å²) in [7, 11) is 0. The Labute approximate surface area is 107 Å². The van der Waals surface area contributed by atoms with E-state index in [1.807, 2.05) is 32.0 Å². The van der Waals surface area contributed by atoms with Gasteiger partial charge in [0, 0.05) is 18.5 Å². The molecule has 0 spiro atoms. The second-order valence-corrected chi connectivity index (χ2v) is 5.02. The van der Waals surface area contributed by atoms with Gasteiger partial charge in [0.2, 0.25) is 11.8 Å². The number of likely N-dealkylation sites (tertiary alicyclic amines) is 1. The van der Waals surface area contributed by atoms with Crippen molar-refractivity contribution < 1.29 is 9.59 Å². The summed E-state index contributed by atoms with van der Waals surface area (Å²) in [5.41, 5.74) is 7.27. The van der Waals surface area contributed by atoms with Crippen LogP contribution in [0, 0.1) is 5.92 Å². The van der Waals surface area contributed by atoms with E-state index < -0.39 is 0 Å². The van der Waals surface area contributed by atoms with Crippen LogP contribution in [0.4, 0.5) is 5.69 Å². The van der Waals surface area contributed by atoms with Crippen LogP contribution < -0.4 is 5.73 Å². The second-order valence-electron chi connectivity index (χ2n) is 5.02. The molecule has 1 aromatic carbocycles. The number of hydrogen-bond acceptors (Lipinski definition) is 3. The van der Waals surface area contributed by atoms with Crippen molar-refractivity contribution in [1.82, 2.24) is 4.90 Å². The molecule has 0 aliphatic carbocycles. The van der Waals surface area contributed by atoms with Gasteiger partial charge in [0.1, 0.15) is 0 Å². The number of piperidine rings is 1. The van der Waals surface area contributed by atoms with Gasteiger partial charge in [-0.3, -0.25) is 14.5 Å². The van der Waals surface area contributed by atoms with E-state index in [9.17, 15) is 9.59 Å². The van der Waals surface area contributed by atoms with Crippen molar-refractivity contribution in [2.45, 2.75) is 32.7 Å². The first-order chi connectivity index (χ1) is 8.49. The smallest absolute Gasteiger partial charge is 0.230 e. The molecule has 0 bridgehead atoms. The topological polar surface area (TPSA) is 63.4 Å². The summed E-state index contributed by atoms with van der Waals surface area (Å²) in [4.78, 5) is 25.3. The predicted octanol–water partition coefficient (Wildman–Crippen LogP) is 2.11. The third-order valence-electron chi connectivity index (χ3n) is 3.36. The molecule has 2 rings (SSSR count).